The van der Waals surface area contributed by atoms with Gasteiger partial charge in [-0.3, -0.25) is 14.4 Å². The number of carbonyl (C=O) groups is 3. The van der Waals surface area contributed by atoms with Crippen LogP contribution in [0, 0.1) is 0 Å². The third-order valence-electron chi connectivity index (χ3n) is 4.12. The van der Waals surface area contributed by atoms with Gasteiger partial charge in [-0.25, -0.2) is 0 Å². The second kappa shape index (κ2) is 9.21. The predicted molar refractivity (Wildman–Crippen MR) is 104 cm³/mol. The van der Waals surface area contributed by atoms with Gasteiger partial charge in [0.2, 0.25) is 0 Å². The minimum atomic E-state index is -0.694. The number of carbonyl (C=O) groups excluding carboxylic acids is 3. The summed E-state index contributed by atoms with van der Waals surface area (Å²) in [7, 11) is 0. The highest BCUT2D eigenvalue weighted by atomic mass is 16.5. The van der Waals surface area contributed by atoms with Crippen LogP contribution in [0.2, 0.25) is 0 Å². The van der Waals surface area contributed by atoms with Crippen molar-refractivity contribution in [3.63, 3.8) is 0 Å². The van der Waals surface area contributed by atoms with Crippen molar-refractivity contribution in [3.05, 3.63) is 59.5 Å². The average molecular weight is 386 g/mol. The van der Waals surface area contributed by atoms with Gasteiger partial charge in [0, 0.05) is 5.56 Å². The Morgan fingerprint density at radius 2 is 1.79 bits per heavy atom. The van der Waals surface area contributed by atoms with E-state index < -0.39 is 18.5 Å². The summed E-state index contributed by atoms with van der Waals surface area (Å²) in [6, 6.07) is 10.3. The molecule has 1 heterocycles. The van der Waals surface area contributed by atoms with Crippen LogP contribution >= 0.6 is 0 Å². The van der Waals surface area contributed by atoms with Crippen LogP contribution in [-0.4, -0.2) is 30.9 Å². The zero-order chi connectivity index (χ0) is 20.7. The second-order valence-electron chi connectivity index (χ2n) is 7.48. The highest BCUT2D eigenvalue weighted by Gasteiger charge is 2.16. The number of ether oxygens (including phenoxy) is 1. The lowest BCUT2D eigenvalue weighted by Gasteiger charge is -2.19. The van der Waals surface area contributed by atoms with Gasteiger partial charge in [0.25, 0.3) is 11.8 Å². The van der Waals surface area contributed by atoms with Gasteiger partial charge in [-0.2, -0.15) is 0 Å². The van der Waals surface area contributed by atoms with E-state index in [4.69, 9.17) is 9.15 Å². The molecule has 7 heteroatoms. The molecule has 2 aromatic rings. The van der Waals surface area contributed by atoms with Crippen molar-refractivity contribution in [2.75, 3.05) is 13.2 Å². The van der Waals surface area contributed by atoms with Crippen LogP contribution < -0.4 is 10.6 Å². The van der Waals surface area contributed by atoms with Crippen LogP contribution in [0.4, 0.5) is 0 Å². The average Bonchev–Trinajstić information content (AvgIpc) is 3.18. The molecule has 0 saturated carbocycles. The maximum atomic E-state index is 12.1. The summed E-state index contributed by atoms with van der Waals surface area (Å²) in [5.74, 6) is -0.931. The molecule has 0 aliphatic heterocycles. The van der Waals surface area contributed by atoms with E-state index in [0.717, 1.165) is 5.56 Å². The number of rotatable bonds is 7. The molecule has 0 aliphatic rings. The van der Waals surface area contributed by atoms with Crippen LogP contribution in [0.3, 0.4) is 0 Å². The van der Waals surface area contributed by atoms with Crippen molar-refractivity contribution in [1.82, 2.24) is 10.6 Å². The summed E-state index contributed by atoms with van der Waals surface area (Å²) in [6.45, 7) is 7.27. The van der Waals surface area contributed by atoms with Crippen LogP contribution in [0.5, 0.6) is 0 Å². The van der Waals surface area contributed by atoms with E-state index in [0.29, 0.717) is 11.3 Å². The van der Waals surface area contributed by atoms with Gasteiger partial charge < -0.3 is 19.8 Å². The molecule has 0 saturated heterocycles. The van der Waals surface area contributed by atoms with E-state index in [1.165, 1.54) is 6.26 Å². The van der Waals surface area contributed by atoms with Gasteiger partial charge in [0.05, 0.1) is 12.3 Å². The summed E-state index contributed by atoms with van der Waals surface area (Å²) < 4.78 is 10.1. The van der Waals surface area contributed by atoms with E-state index in [1.54, 1.807) is 31.2 Å². The number of hydrogen-bond acceptors (Lipinski definition) is 5. The molecule has 7 nitrogen and oxygen atoms in total. The Morgan fingerprint density at radius 3 is 2.36 bits per heavy atom. The lowest BCUT2D eigenvalue weighted by atomic mass is 9.87. The monoisotopic (exact) mass is 386 g/mol. The molecule has 0 radical (unpaired) electrons. The molecule has 1 aromatic carbocycles. The molecule has 0 unspecified atom stereocenters. The topological polar surface area (TPSA) is 97.6 Å². The molecular formula is C21H26N2O5. The maximum absolute atomic E-state index is 12.1. The first-order valence-electron chi connectivity index (χ1n) is 9.04. The Balaban J connectivity index is 1.73. The molecule has 0 bridgehead atoms. The molecular weight excluding hydrogens is 360 g/mol. The Hall–Kier alpha value is -3.09. The van der Waals surface area contributed by atoms with Gasteiger partial charge in [-0.05, 0) is 42.2 Å². The Morgan fingerprint density at radius 1 is 1.11 bits per heavy atom. The molecule has 0 fully saturated rings. The van der Waals surface area contributed by atoms with Crippen molar-refractivity contribution in [2.45, 2.75) is 39.2 Å². The molecule has 2 amide bonds. The van der Waals surface area contributed by atoms with E-state index >= 15 is 0 Å². The van der Waals surface area contributed by atoms with Crippen molar-refractivity contribution in [2.24, 2.45) is 0 Å². The molecule has 1 aromatic heterocycles. The fraction of sp³-hybridized carbons (Fsp3) is 0.381. The largest absolute Gasteiger partial charge is 0.467 e. The zero-order valence-corrected chi connectivity index (χ0v) is 16.6. The summed E-state index contributed by atoms with van der Waals surface area (Å²) in [4.78, 5) is 35.7. The number of benzene rings is 1. The standard InChI is InChI=1S/C21H26N2O5/c1-14(17-6-5-11-27-17)23-18(24)13-28-19(25)12-22-20(26)15-7-9-16(10-8-15)21(2,3)4/h5-11,14H,12-13H2,1-4H3,(H,22,26)(H,23,24)/t14-/m0/s1. The van der Waals surface area contributed by atoms with Crippen LogP contribution in [0.1, 0.15) is 55.4 Å². The molecule has 28 heavy (non-hydrogen) atoms. The van der Waals surface area contributed by atoms with Gasteiger partial charge in [0.1, 0.15) is 12.3 Å². The van der Waals surface area contributed by atoms with Crippen molar-refractivity contribution in [3.8, 4) is 0 Å². The Bertz CT molecular complexity index is 804. The van der Waals surface area contributed by atoms with E-state index in [9.17, 15) is 14.4 Å². The van der Waals surface area contributed by atoms with Gasteiger partial charge in [-0.15, -0.1) is 0 Å². The van der Waals surface area contributed by atoms with Crippen molar-refractivity contribution < 1.29 is 23.5 Å². The molecule has 1 atom stereocenters. The molecule has 150 valence electrons. The van der Waals surface area contributed by atoms with E-state index in [-0.39, 0.29) is 23.9 Å². The Kier molecular flexibility index (Phi) is 6.98. The third-order valence-corrected chi connectivity index (χ3v) is 4.12. The van der Waals surface area contributed by atoms with Crippen molar-refractivity contribution >= 4 is 17.8 Å². The number of furan rings is 1. The van der Waals surface area contributed by atoms with E-state index in [2.05, 4.69) is 31.4 Å². The lowest BCUT2D eigenvalue weighted by Crippen LogP contribution is -2.34. The minimum Gasteiger partial charge on any atom is -0.467 e. The highest BCUT2D eigenvalue weighted by molar-refractivity contribution is 5.96. The fourth-order valence-corrected chi connectivity index (χ4v) is 2.47. The first-order valence-corrected chi connectivity index (χ1v) is 9.04. The molecule has 0 aliphatic carbocycles. The number of nitrogens with one attached hydrogen (secondary N) is 2. The predicted octanol–water partition coefficient (Wildman–Crippen LogP) is 2.73. The Labute approximate surface area is 164 Å². The number of amides is 2. The van der Waals surface area contributed by atoms with Gasteiger partial charge >= 0.3 is 5.97 Å². The summed E-state index contributed by atoms with van der Waals surface area (Å²) in [6.07, 6.45) is 1.51. The lowest BCUT2D eigenvalue weighted by molar-refractivity contribution is -0.147. The molecule has 0 spiro atoms. The first kappa shape index (κ1) is 21.2. The summed E-state index contributed by atoms with van der Waals surface area (Å²) in [5, 5.41) is 5.13. The maximum Gasteiger partial charge on any atom is 0.325 e. The second-order valence-corrected chi connectivity index (χ2v) is 7.48. The minimum absolute atomic E-state index is 0.00613. The van der Waals surface area contributed by atoms with E-state index in [1.807, 2.05) is 12.1 Å². The SMILES string of the molecule is C[C@H](NC(=O)COC(=O)CNC(=O)c1ccc(C(C)(C)C)cc1)c1ccco1. The van der Waals surface area contributed by atoms with Gasteiger partial charge in [0.15, 0.2) is 6.61 Å². The smallest absolute Gasteiger partial charge is 0.325 e. The zero-order valence-electron chi connectivity index (χ0n) is 16.6. The van der Waals surface area contributed by atoms with Crippen LogP contribution in [0.15, 0.2) is 47.1 Å². The quantitative estimate of drug-likeness (QED) is 0.713. The third kappa shape index (κ3) is 6.26. The van der Waals surface area contributed by atoms with Crippen molar-refractivity contribution in [1.29, 1.82) is 0 Å². The van der Waals surface area contributed by atoms with Crippen LogP contribution in [-0.2, 0) is 19.7 Å². The summed E-state index contributed by atoms with van der Waals surface area (Å²) >= 11 is 0. The fourth-order valence-electron chi connectivity index (χ4n) is 2.47. The normalized spacial score (nSPS) is 12.1. The first-order chi connectivity index (χ1) is 13.2. The highest BCUT2D eigenvalue weighted by Crippen LogP contribution is 2.22. The van der Waals surface area contributed by atoms with Gasteiger partial charge in [-0.1, -0.05) is 32.9 Å². The number of esters is 1. The summed E-state index contributed by atoms with van der Waals surface area (Å²) in [5.41, 5.74) is 1.55. The molecule has 2 rings (SSSR count). The molecule has 2 N–H and O–H groups in total. The van der Waals surface area contributed by atoms with Crippen LogP contribution in [0.25, 0.3) is 0 Å². The number of hydrogen-bond donors (Lipinski definition) is 2.